The Kier molecular flexibility index (Phi) is 9.83. The second-order valence-electron chi connectivity index (χ2n) is 17.6. The summed E-state index contributed by atoms with van der Waals surface area (Å²) in [7, 11) is 0. The largest absolute Gasteiger partial charge is 0.435 e. The van der Waals surface area contributed by atoms with E-state index < -0.39 is 0 Å². The molecule has 5 heteroatoms. The van der Waals surface area contributed by atoms with Gasteiger partial charge in [0.05, 0.1) is 0 Å². The highest BCUT2D eigenvalue weighted by Crippen LogP contribution is 2.47. The fraction of sp³-hybridized carbons (Fsp3) is 0.0156. The SMILES string of the molecule is c1ccc(-c2nc3ccc4ccc5ccc(N(c6cccc(N(c7ccccc7)c7ccccc7)c6)c6ccc7c(c6)Cc6ccc(N(c8ccccc8)c8ccccc8)cc6-7)cc5c4c3o2)cc1. The van der Waals surface area contributed by atoms with Crippen molar-refractivity contribution in [3.05, 3.63) is 266 Å². The van der Waals surface area contributed by atoms with Gasteiger partial charge in [-0.1, -0.05) is 133 Å². The summed E-state index contributed by atoms with van der Waals surface area (Å²) in [6.45, 7) is 0. The van der Waals surface area contributed by atoms with Crippen molar-refractivity contribution < 1.29 is 4.42 Å². The van der Waals surface area contributed by atoms with Gasteiger partial charge >= 0.3 is 0 Å². The van der Waals surface area contributed by atoms with E-state index in [1.165, 1.54) is 22.3 Å². The van der Waals surface area contributed by atoms with Gasteiger partial charge in [0.2, 0.25) is 5.89 Å². The Bertz CT molecular complexity index is 3740. The van der Waals surface area contributed by atoms with Gasteiger partial charge < -0.3 is 19.1 Å². The highest BCUT2D eigenvalue weighted by atomic mass is 16.3. The quantitative estimate of drug-likeness (QED) is 0.128. The van der Waals surface area contributed by atoms with Crippen LogP contribution in [0.5, 0.6) is 0 Å². The molecule has 1 heterocycles. The van der Waals surface area contributed by atoms with E-state index in [4.69, 9.17) is 9.40 Å². The van der Waals surface area contributed by atoms with Crippen LogP contribution in [0.4, 0.5) is 51.2 Å². The first-order valence-electron chi connectivity index (χ1n) is 23.5. The molecule has 0 atom stereocenters. The second-order valence-corrected chi connectivity index (χ2v) is 17.6. The summed E-state index contributed by atoms with van der Waals surface area (Å²) >= 11 is 0. The first-order valence-corrected chi connectivity index (χ1v) is 23.5. The molecule has 13 rings (SSSR count). The van der Waals surface area contributed by atoms with Gasteiger partial charge in [0.15, 0.2) is 5.58 Å². The van der Waals surface area contributed by atoms with Crippen molar-refractivity contribution in [1.82, 2.24) is 4.98 Å². The zero-order valence-corrected chi connectivity index (χ0v) is 37.7. The summed E-state index contributed by atoms with van der Waals surface area (Å²) in [4.78, 5) is 12.1. The van der Waals surface area contributed by atoms with Crippen molar-refractivity contribution in [2.45, 2.75) is 6.42 Å². The maximum absolute atomic E-state index is 6.69. The van der Waals surface area contributed by atoms with E-state index in [1.54, 1.807) is 0 Å². The first-order chi connectivity index (χ1) is 34.2. The zero-order valence-electron chi connectivity index (χ0n) is 37.7. The van der Waals surface area contributed by atoms with Crippen LogP contribution in [-0.2, 0) is 6.42 Å². The molecule has 0 saturated heterocycles. The van der Waals surface area contributed by atoms with Crippen LogP contribution in [0.3, 0.4) is 0 Å². The number of hydrogen-bond acceptors (Lipinski definition) is 5. The first kappa shape index (κ1) is 40.1. The fourth-order valence-corrected chi connectivity index (χ4v) is 10.2. The molecular weight excluding hydrogens is 841 g/mol. The Morgan fingerprint density at radius 2 is 0.797 bits per heavy atom. The monoisotopic (exact) mass is 884 g/mol. The smallest absolute Gasteiger partial charge is 0.227 e. The second kappa shape index (κ2) is 16.9. The maximum atomic E-state index is 6.69. The molecule has 1 aliphatic carbocycles. The van der Waals surface area contributed by atoms with E-state index in [-0.39, 0.29) is 0 Å². The molecule has 1 aliphatic rings. The molecule has 0 aliphatic heterocycles. The van der Waals surface area contributed by atoms with Crippen molar-refractivity contribution in [1.29, 1.82) is 0 Å². The topological polar surface area (TPSA) is 35.8 Å². The van der Waals surface area contributed by atoms with Crippen LogP contribution in [0, 0.1) is 0 Å². The number of rotatable bonds is 10. The molecule has 0 radical (unpaired) electrons. The minimum atomic E-state index is 0.616. The molecule has 0 amide bonds. The van der Waals surface area contributed by atoms with Crippen molar-refractivity contribution >= 4 is 83.8 Å². The molecule has 0 bridgehead atoms. The highest BCUT2D eigenvalue weighted by molar-refractivity contribution is 6.18. The summed E-state index contributed by atoms with van der Waals surface area (Å²) in [5.41, 5.74) is 17.5. The number of hydrogen-bond donors (Lipinski definition) is 0. The van der Waals surface area contributed by atoms with Crippen LogP contribution in [0.2, 0.25) is 0 Å². The number of para-hydroxylation sites is 4. The van der Waals surface area contributed by atoms with E-state index in [0.29, 0.717) is 5.89 Å². The lowest BCUT2D eigenvalue weighted by atomic mass is 9.99. The molecule has 5 nitrogen and oxygen atoms in total. The molecule has 1 aromatic heterocycles. The molecule has 326 valence electrons. The van der Waals surface area contributed by atoms with Crippen LogP contribution >= 0.6 is 0 Å². The Hall–Kier alpha value is -9.19. The van der Waals surface area contributed by atoms with Crippen LogP contribution < -0.4 is 14.7 Å². The number of oxazole rings is 1. The van der Waals surface area contributed by atoms with Gasteiger partial charge in [-0.05, 0) is 166 Å². The number of nitrogens with zero attached hydrogens (tertiary/aromatic N) is 4. The molecule has 0 spiro atoms. The number of benzene rings is 11. The summed E-state index contributed by atoms with van der Waals surface area (Å²) in [6, 6.07) is 90.9. The molecule has 0 N–H and O–H groups in total. The Labute approximate surface area is 401 Å². The van der Waals surface area contributed by atoms with Gasteiger partial charge in [-0.25, -0.2) is 4.98 Å². The minimum absolute atomic E-state index is 0.616. The van der Waals surface area contributed by atoms with E-state index >= 15 is 0 Å². The van der Waals surface area contributed by atoms with Crippen LogP contribution in [0.25, 0.3) is 55.2 Å². The average molecular weight is 885 g/mol. The predicted molar refractivity (Wildman–Crippen MR) is 287 cm³/mol. The number of aromatic nitrogens is 1. The van der Waals surface area contributed by atoms with Crippen molar-refractivity contribution in [2.24, 2.45) is 0 Å². The Morgan fingerprint density at radius 1 is 0.333 bits per heavy atom. The van der Waals surface area contributed by atoms with Gasteiger partial charge in [0.1, 0.15) is 5.52 Å². The van der Waals surface area contributed by atoms with Gasteiger partial charge in [-0.15, -0.1) is 0 Å². The van der Waals surface area contributed by atoms with Crippen LogP contribution in [0.15, 0.2) is 259 Å². The molecule has 0 saturated carbocycles. The van der Waals surface area contributed by atoms with Gasteiger partial charge in [0, 0.05) is 62.1 Å². The lowest BCUT2D eigenvalue weighted by Gasteiger charge is -2.30. The zero-order chi connectivity index (χ0) is 45.7. The molecule has 0 fully saturated rings. The summed E-state index contributed by atoms with van der Waals surface area (Å²) in [6.07, 6.45) is 0.842. The fourth-order valence-electron chi connectivity index (χ4n) is 10.2. The number of anilines is 9. The molecule has 69 heavy (non-hydrogen) atoms. The lowest BCUT2D eigenvalue weighted by molar-refractivity contribution is 0.623. The normalized spacial score (nSPS) is 11.7. The van der Waals surface area contributed by atoms with Crippen LogP contribution in [0.1, 0.15) is 11.1 Å². The third kappa shape index (κ3) is 7.25. The maximum Gasteiger partial charge on any atom is 0.227 e. The minimum Gasteiger partial charge on any atom is -0.435 e. The average Bonchev–Trinajstić information content (AvgIpc) is 4.02. The van der Waals surface area contributed by atoms with E-state index in [0.717, 1.165) is 95.8 Å². The van der Waals surface area contributed by atoms with Crippen molar-refractivity contribution in [3.63, 3.8) is 0 Å². The lowest BCUT2D eigenvalue weighted by Crippen LogP contribution is -2.13. The third-order valence-electron chi connectivity index (χ3n) is 13.4. The van der Waals surface area contributed by atoms with Gasteiger partial charge in [-0.3, -0.25) is 0 Å². The molecular formula is C64H44N4O. The molecule has 11 aromatic carbocycles. The summed E-state index contributed by atoms with van der Waals surface area (Å²) < 4.78 is 6.69. The van der Waals surface area contributed by atoms with E-state index in [1.807, 2.05) is 30.3 Å². The number of fused-ring (bicyclic) bond motifs is 8. The Balaban J connectivity index is 0.975. The third-order valence-corrected chi connectivity index (χ3v) is 13.4. The highest BCUT2D eigenvalue weighted by Gasteiger charge is 2.25. The van der Waals surface area contributed by atoms with E-state index in [9.17, 15) is 0 Å². The van der Waals surface area contributed by atoms with Crippen LogP contribution in [-0.4, -0.2) is 4.98 Å². The van der Waals surface area contributed by atoms with Crippen molar-refractivity contribution in [2.75, 3.05) is 14.7 Å². The standard InChI is InChI=1S/C64H44N4O/c1-6-17-46(18-7-1)64-65-61-38-33-45-30-29-44-31-34-57(43-60(44)62(45)63(61)69-64)68(54-28-16-27-53(41-54)66(49-19-8-2-9-20-49)50-21-10-3-11-22-50)55-36-37-58-48(40-55)39-47-32-35-56(42-59(47)58)67(51-23-12-4-13-24-51)52-25-14-5-15-26-52/h1-38,40-43H,39H2. The summed E-state index contributed by atoms with van der Waals surface area (Å²) in [5.74, 6) is 0.616. The predicted octanol–water partition coefficient (Wildman–Crippen LogP) is 17.8. The van der Waals surface area contributed by atoms with E-state index in [2.05, 4.69) is 239 Å². The van der Waals surface area contributed by atoms with Gasteiger partial charge in [-0.2, -0.15) is 0 Å². The molecule has 0 unspecified atom stereocenters. The van der Waals surface area contributed by atoms with Gasteiger partial charge in [0.25, 0.3) is 0 Å². The summed E-state index contributed by atoms with van der Waals surface area (Å²) in [5, 5.41) is 4.38. The van der Waals surface area contributed by atoms with Crippen molar-refractivity contribution in [3.8, 4) is 22.6 Å². The Morgan fingerprint density at radius 3 is 1.42 bits per heavy atom. The molecule has 12 aromatic rings.